The summed E-state index contributed by atoms with van der Waals surface area (Å²) < 4.78 is 0. The molecule has 0 N–H and O–H groups in total. The van der Waals surface area contributed by atoms with Gasteiger partial charge in [0.15, 0.2) is 6.29 Å². The van der Waals surface area contributed by atoms with E-state index in [2.05, 4.69) is 0 Å². The van der Waals surface area contributed by atoms with E-state index in [-0.39, 0.29) is 5.91 Å². The number of carbonyl (C=O) groups excluding carboxylic acids is 3. The summed E-state index contributed by atoms with van der Waals surface area (Å²) in [6.45, 7) is 0.337. The second-order valence-corrected chi connectivity index (χ2v) is 6.65. The lowest BCUT2D eigenvalue weighted by Gasteiger charge is -2.20. The molecule has 0 saturated carbocycles. The molecule has 0 aromatic heterocycles. The van der Waals surface area contributed by atoms with E-state index < -0.39 is 0 Å². The Kier molecular flexibility index (Phi) is 6.12. The Bertz CT molecular complexity index is 984. The van der Waals surface area contributed by atoms with Gasteiger partial charge in [-0.3, -0.25) is 14.4 Å². The van der Waals surface area contributed by atoms with Gasteiger partial charge in [-0.1, -0.05) is 54.6 Å². The Hall–Kier alpha value is -3.53. The fraction of sp³-hybridized carbons (Fsp3) is 0.125. The number of hydrogen-bond donors (Lipinski definition) is 0. The lowest BCUT2D eigenvalue weighted by Crippen LogP contribution is -2.28. The minimum Gasteiger partial charge on any atom is -0.338 e. The van der Waals surface area contributed by atoms with E-state index >= 15 is 0 Å². The molecular formula is C24H21NO3. The number of carbonyl (C=O) groups is 3. The summed E-state index contributed by atoms with van der Waals surface area (Å²) >= 11 is 0. The van der Waals surface area contributed by atoms with Gasteiger partial charge in [0.05, 0.1) is 0 Å². The Morgan fingerprint density at radius 3 is 2.50 bits per heavy atom. The van der Waals surface area contributed by atoms with Gasteiger partial charge in [-0.25, -0.2) is 0 Å². The first-order valence-corrected chi connectivity index (χ1v) is 9.04. The quantitative estimate of drug-likeness (QED) is 0.717. The minimum absolute atomic E-state index is 0.198. The van der Waals surface area contributed by atoms with Crippen LogP contribution in [0.1, 0.15) is 22.3 Å². The monoisotopic (exact) mass is 371 g/mol. The Morgan fingerprint density at radius 2 is 1.79 bits per heavy atom. The number of hydrogen-bond acceptors (Lipinski definition) is 3. The van der Waals surface area contributed by atoms with E-state index in [1.54, 1.807) is 30.2 Å². The van der Waals surface area contributed by atoms with Crippen LogP contribution in [-0.2, 0) is 16.1 Å². The van der Waals surface area contributed by atoms with Crippen LogP contribution in [0.5, 0.6) is 0 Å². The smallest absolute Gasteiger partial charge is 0.250 e. The van der Waals surface area contributed by atoms with Crippen molar-refractivity contribution in [2.24, 2.45) is 0 Å². The van der Waals surface area contributed by atoms with Crippen molar-refractivity contribution in [1.82, 2.24) is 4.90 Å². The number of rotatable bonds is 6. The van der Waals surface area contributed by atoms with Crippen LogP contribution >= 0.6 is 0 Å². The molecule has 0 aliphatic heterocycles. The van der Waals surface area contributed by atoms with Crippen LogP contribution in [0.3, 0.4) is 0 Å². The number of nitrogens with zero attached hydrogens (tertiary/aromatic N) is 1. The van der Waals surface area contributed by atoms with Crippen LogP contribution in [0.15, 0.2) is 84.0 Å². The molecule has 0 unspecified atom stereocenters. The molecule has 0 heterocycles. The first-order chi connectivity index (χ1) is 13.6. The number of likely N-dealkylation sites (N-methyl/N-ethyl adjacent to an activating group) is 1. The van der Waals surface area contributed by atoms with Crippen molar-refractivity contribution < 1.29 is 14.4 Å². The van der Waals surface area contributed by atoms with Crippen LogP contribution in [0.2, 0.25) is 0 Å². The van der Waals surface area contributed by atoms with Crippen LogP contribution in [0.4, 0.5) is 0 Å². The van der Waals surface area contributed by atoms with Crippen LogP contribution in [0, 0.1) is 0 Å². The predicted molar refractivity (Wildman–Crippen MR) is 110 cm³/mol. The van der Waals surface area contributed by atoms with Gasteiger partial charge in [-0.05, 0) is 41.3 Å². The molecule has 2 aromatic carbocycles. The molecule has 1 amide bonds. The number of benzene rings is 2. The van der Waals surface area contributed by atoms with Crippen molar-refractivity contribution in [3.8, 4) is 11.1 Å². The van der Waals surface area contributed by atoms with Crippen molar-refractivity contribution in [3.05, 3.63) is 95.1 Å². The zero-order valence-electron chi connectivity index (χ0n) is 15.7. The highest BCUT2D eigenvalue weighted by Crippen LogP contribution is 2.23. The summed E-state index contributed by atoms with van der Waals surface area (Å²) in [6, 6.07) is 15.4. The molecule has 3 rings (SSSR count). The van der Waals surface area contributed by atoms with E-state index in [9.17, 15) is 14.4 Å². The van der Waals surface area contributed by atoms with Crippen LogP contribution in [-0.4, -0.2) is 30.4 Å². The van der Waals surface area contributed by atoms with Gasteiger partial charge >= 0.3 is 0 Å². The fourth-order valence-corrected chi connectivity index (χ4v) is 3.21. The minimum atomic E-state index is -0.198. The largest absolute Gasteiger partial charge is 0.338 e. The van der Waals surface area contributed by atoms with E-state index in [0.29, 0.717) is 36.0 Å². The number of allylic oxidation sites excluding steroid dienone is 5. The summed E-state index contributed by atoms with van der Waals surface area (Å²) in [5.74, 6) is -0.198. The second kappa shape index (κ2) is 8.91. The van der Waals surface area contributed by atoms with Gasteiger partial charge in [0.25, 0.3) is 5.91 Å². The van der Waals surface area contributed by atoms with Crippen molar-refractivity contribution in [1.29, 1.82) is 0 Å². The van der Waals surface area contributed by atoms with Crippen molar-refractivity contribution in [2.75, 3.05) is 7.05 Å². The van der Waals surface area contributed by atoms with E-state index in [1.807, 2.05) is 54.6 Å². The zero-order chi connectivity index (χ0) is 19.9. The van der Waals surface area contributed by atoms with Gasteiger partial charge in [-0.2, -0.15) is 0 Å². The third kappa shape index (κ3) is 4.41. The van der Waals surface area contributed by atoms with Gasteiger partial charge < -0.3 is 4.90 Å². The first-order valence-electron chi connectivity index (χ1n) is 9.04. The molecule has 0 fully saturated rings. The molecule has 0 bridgehead atoms. The summed E-state index contributed by atoms with van der Waals surface area (Å²) in [7, 11) is 1.70. The highest BCUT2D eigenvalue weighted by Gasteiger charge is 2.18. The molecule has 0 atom stereocenters. The summed E-state index contributed by atoms with van der Waals surface area (Å²) in [6.07, 6.45) is 9.02. The molecule has 1 aliphatic carbocycles. The molecule has 4 heteroatoms. The SMILES string of the molecule is CN(Cc1cc(C=O)cc(-c2ccccc2)c1)C(=O)C1=C(C=O)C=CC=CC1. The predicted octanol–water partition coefficient (Wildman–Crippen LogP) is 4.14. The number of amides is 1. The lowest BCUT2D eigenvalue weighted by atomic mass is 9.99. The summed E-state index contributed by atoms with van der Waals surface area (Å²) in [5.41, 5.74) is 4.21. The second-order valence-electron chi connectivity index (χ2n) is 6.65. The normalized spacial score (nSPS) is 13.2. The van der Waals surface area contributed by atoms with Crippen molar-refractivity contribution in [3.63, 3.8) is 0 Å². The lowest BCUT2D eigenvalue weighted by molar-refractivity contribution is -0.126. The molecule has 0 spiro atoms. The molecular weight excluding hydrogens is 350 g/mol. The molecule has 0 saturated heterocycles. The summed E-state index contributed by atoms with van der Waals surface area (Å²) in [5, 5.41) is 0. The topological polar surface area (TPSA) is 54.5 Å². The number of aldehydes is 2. The Morgan fingerprint density at radius 1 is 1.00 bits per heavy atom. The average Bonchev–Trinajstić information content (AvgIpc) is 2.99. The van der Waals surface area contributed by atoms with Crippen molar-refractivity contribution in [2.45, 2.75) is 13.0 Å². The third-order valence-electron chi connectivity index (χ3n) is 4.60. The van der Waals surface area contributed by atoms with E-state index in [1.165, 1.54) is 0 Å². The maximum absolute atomic E-state index is 12.9. The van der Waals surface area contributed by atoms with Crippen LogP contribution in [0.25, 0.3) is 11.1 Å². The first kappa shape index (κ1) is 19.2. The third-order valence-corrected chi connectivity index (χ3v) is 4.60. The van der Waals surface area contributed by atoms with Gasteiger partial charge in [-0.15, -0.1) is 0 Å². The molecule has 1 aliphatic rings. The van der Waals surface area contributed by atoms with E-state index in [0.717, 1.165) is 23.0 Å². The van der Waals surface area contributed by atoms with Gasteiger partial charge in [0.2, 0.25) is 0 Å². The maximum Gasteiger partial charge on any atom is 0.250 e. The van der Waals surface area contributed by atoms with Crippen LogP contribution < -0.4 is 0 Å². The fourth-order valence-electron chi connectivity index (χ4n) is 3.21. The maximum atomic E-state index is 12.9. The van der Waals surface area contributed by atoms with E-state index in [4.69, 9.17) is 0 Å². The molecule has 28 heavy (non-hydrogen) atoms. The Labute approximate surface area is 164 Å². The highest BCUT2D eigenvalue weighted by molar-refractivity contribution is 6.00. The Balaban J connectivity index is 1.88. The molecule has 0 radical (unpaired) electrons. The zero-order valence-corrected chi connectivity index (χ0v) is 15.7. The molecule has 140 valence electrons. The highest BCUT2D eigenvalue weighted by atomic mass is 16.2. The summed E-state index contributed by atoms with van der Waals surface area (Å²) in [4.78, 5) is 37.2. The standard InChI is InChI=1S/C24H21NO3/c1-25(24(28)23-11-7-3-6-10-21(23)17-27)15-18-12-19(16-26)14-22(13-18)20-8-4-2-5-9-20/h2-10,12-14,16-17H,11,15H2,1H3. The average molecular weight is 371 g/mol. The van der Waals surface area contributed by atoms with Crippen molar-refractivity contribution >= 4 is 18.5 Å². The molecule has 2 aromatic rings. The van der Waals surface area contributed by atoms with Gasteiger partial charge in [0, 0.05) is 30.3 Å². The molecule has 4 nitrogen and oxygen atoms in total. The van der Waals surface area contributed by atoms with Gasteiger partial charge in [0.1, 0.15) is 6.29 Å².